The summed E-state index contributed by atoms with van der Waals surface area (Å²) in [5.74, 6) is -1.33. The number of hydrogen-bond donors (Lipinski definition) is 3. The number of carbonyl (C=O) groups excluding carboxylic acids is 2. The van der Waals surface area contributed by atoms with Crippen LogP contribution >= 0.6 is 11.3 Å². The van der Waals surface area contributed by atoms with Gasteiger partial charge < -0.3 is 15.2 Å². The molecule has 0 unspecified atom stereocenters. The quantitative estimate of drug-likeness (QED) is 0.634. The highest BCUT2D eigenvalue weighted by molar-refractivity contribution is 7.15. The number of carboxylic acid groups (broad SMARTS) is 1. The predicted molar refractivity (Wildman–Crippen MR) is 94.2 cm³/mol. The lowest BCUT2D eigenvalue weighted by atomic mass is 9.85. The van der Waals surface area contributed by atoms with Crippen molar-refractivity contribution in [3.8, 4) is 0 Å². The van der Waals surface area contributed by atoms with Crippen molar-refractivity contribution < 1.29 is 24.2 Å². The van der Waals surface area contributed by atoms with Gasteiger partial charge in [0, 0.05) is 12.1 Å². The lowest BCUT2D eigenvalue weighted by molar-refractivity contribution is -0.139. The highest BCUT2D eigenvalue weighted by atomic mass is 32.1. The van der Waals surface area contributed by atoms with Gasteiger partial charge in [0.2, 0.25) is 0 Å². The molecule has 3 N–H and O–H groups in total. The van der Waals surface area contributed by atoms with E-state index in [0.29, 0.717) is 30.0 Å². The summed E-state index contributed by atoms with van der Waals surface area (Å²) >= 11 is 1.27. The number of carbonyl (C=O) groups is 3. The van der Waals surface area contributed by atoms with Crippen molar-refractivity contribution in [2.45, 2.75) is 38.8 Å². The maximum Gasteiger partial charge on any atom is 0.341 e. The summed E-state index contributed by atoms with van der Waals surface area (Å²) in [6.07, 6.45) is 1.42. The second-order valence-corrected chi connectivity index (χ2v) is 6.87. The fraction of sp³-hybridized carbons (Fsp3) is 0.562. The number of esters is 1. The van der Waals surface area contributed by atoms with Crippen LogP contribution in [0.3, 0.4) is 0 Å². The maximum absolute atomic E-state index is 12.1. The van der Waals surface area contributed by atoms with Crippen LogP contribution < -0.4 is 10.6 Å². The van der Waals surface area contributed by atoms with Gasteiger partial charge >= 0.3 is 18.0 Å². The molecular weight excluding hydrogens is 346 g/mol. The van der Waals surface area contributed by atoms with Gasteiger partial charge in [-0.2, -0.15) is 0 Å². The Labute approximate surface area is 150 Å². The standard InChI is InChI=1S/C16H23N3O5S/c1-4-19(7-12(20)21)11-5-10(6-11)17-16(23)18-14-13(15(22)24-3)9(2)8-25-14/h8,10-11H,4-7H2,1-3H3,(H,20,21)(H2,17,18,23). The van der Waals surface area contributed by atoms with Crippen molar-refractivity contribution >= 4 is 34.3 Å². The lowest BCUT2D eigenvalue weighted by Gasteiger charge is -2.42. The SMILES string of the molecule is CCN(CC(=O)O)C1CC(NC(=O)Nc2scc(C)c2C(=O)OC)C1. The van der Waals surface area contributed by atoms with Gasteiger partial charge in [-0.25, -0.2) is 9.59 Å². The number of anilines is 1. The molecule has 1 fully saturated rings. The van der Waals surface area contributed by atoms with E-state index >= 15 is 0 Å². The molecule has 0 radical (unpaired) electrons. The molecule has 9 heteroatoms. The molecule has 25 heavy (non-hydrogen) atoms. The molecule has 0 saturated heterocycles. The molecule has 1 aliphatic rings. The van der Waals surface area contributed by atoms with Gasteiger partial charge in [-0.3, -0.25) is 15.0 Å². The Balaban J connectivity index is 1.85. The first-order valence-electron chi connectivity index (χ1n) is 8.05. The minimum Gasteiger partial charge on any atom is -0.480 e. The number of aryl methyl sites for hydroxylation is 1. The molecule has 0 aromatic carbocycles. The molecule has 0 atom stereocenters. The van der Waals surface area contributed by atoms with Crippen LogP contribution in [0.25, 0.3) is 0 Å². The summed E-state index contributed by atoms with van der Waals surface area (Å²) < 4.78 is 4.74. The van der Waals surface area contributed by atoms with Crippen LogP contribution in [0.2, 0.25) is 0 Å². The van der Waals surface area contributed by atoms with Crippen molar-refractivity contribution in [3.63, 3.8) is 0 Å². The van der Waals surface area contributed by atoms with E-state index in [2.05, 4.69) is 10.6 Å². The van der Waals surface area contributed by atoms with E-state index < -0.39 is 11.9 Å². The number of hydrogen-bond acceptors (Lipinski definition) is 6. The molecule has 2 amide bonds. The molecule has 1 aromatic rings. The lowest BCUT2D eigenvalue weighted by Crippen LogP contribution is -2.55. The van der Waals surface area contributed by atoms with Crippen LogP contribution in [0, 0.1) is 6.92 Å². The Morgan fingerprint density at radius 2 is 2.08 bits per heavy atom. The Morgan fingerprint density at radius 3 is 2.64 bits per heavy atom. The number of aliphatic carboxylic acids is 1. The monoisotopic (exact) mass is 369 g/mol. The summed E-state index contributed by atoms with van der Waals surface area (Å²) in [4.78, 5) is 36.6. The van der Waals surface area contributed by atoms with Gasteiger partial charge in [-0.05, 0) is 37.3 Å². The van der Waals surface area contributed by atoms with Gasteiger partial charge in [0.05, 0.1) is 19.2 Å². The van der Waals surface area contributed by atoms with E-state index in [1.165, 1.54) is 18.4 Å². The molecule has 1 heterocycles. The first-order chi connectivity index (χ1) is 11.8. The molecule has 138 valence electrons. The molecular formula is C16H23N3O5S. The van der Waals surface area contributed by atoms with Crippen LogP contribution in [0.5, 0.6) is 0 Å². The summed E-state index contributed by atoms with van der Waals surface area (Å²) in [5.41, 5.74) is 1.12. The van der Waals surface area contributed by atoms with Gasteiger partial charge in [0.15, 0.2) is 0 Å². The van der Waals surface area contributed by atoms with Gasteiger partial charge in [0.25, 0.3) is 0 Å². The van der Waals surface area contributed by atoms with Crippen LogP contribution in [-0.2, 0) is 9.53 Å². The molecule has 2 rings (SSSR count). The van der Waals surface area contributed by atoms with Crippen LogP contribution in [0.15, 0.2) is 5.38 Å². The molecule has 1 aliphatic carbocycles. The number of thiophene rings is 1. The van der Waals surface area contributed by atoms with Crippen LogP contribution in [-0.4, -0.2) is 60.3 Å². The smallest absolute Gasteiger partial charge is 0.341 e. The zero-order chi connectivity index (χ0) is 18.6. The predicted octanol–water partition coefficient (Wildman–Crippen LogP) is 1.90. The van der Waals surface area contributed by atoms with Crippen molar-refractivity contribution in [2.24, 2.45) is 0 Å². The first-order valence-corrected chi connectivity index (χ1v) is 8.93. The highest BCUT2D eigenvalue weighted by Crippen LogP contribution is 2.29. The number of carboxylic acids is 1. The van der Waals surface area contributed by atoms with E-state index in [9.17, 15) is 14.4 Å². The number of rotatable bonds is 7. The van der Waals surface area contributed by atoms with Gasteiger partial charge in [0.1, 0.15) is 5.00 Å². The van der Waals surface area contributed by atoms with E-state index in [4.69, 9.17) is 9.84 Å². The molecule has 1 saturated carbocycles. The van der Waals surface area contributed by atoms with E-state index in [-0.39, 0.29) is 24.7 Å². The third-order valence-corrected chi connectivity index (χ3v) is 5.31. The number of urea groups is 1. The Kier molecular flexibility index (Phi) is 6.38. The first kappa shape index (κ1) is 19.2. The third-order valence-electron chi connectivity index (χ3n) is 4.30. The van der Waals surface area contributed by atoms with Crippen molar-refractivity contribution in [1.82, 2.24) is 10.2 Å². The number of amides is 2. The topological polar surface area (TPSA) is 108 Å². The van der Waals surface area contributed by atoms with Crippen molar-refractivity contribution in [2.75, 3.05) is 25.5 Å². The summed E-state index contributed by atoms with van der Waals surface area (Å²) in [7, 11) is 1.30. The zero-order valence-electron chi connectivity index (χ0n) is 14.5. The van der Waals surface area contributed by atoms with E-state index in [1.807, 2.05) is 11.8 Å². The summed E-state index contributed by atoms with van der Waals surface area (Å²) in [6, 6.07) is -0.215. The zero-order valence-corrected chi connectivity index (χ0v) is 15.3. The molecule has 0 spiro atoms. The number of ether oxygens (including phenoxy) is 1. The van der Waals surface area contributed by atoms with Crippen LogP contribution in [0.1, 0.15) is 35.7 Å². The fourth-order valence-electron chi connectivity index (χ4n) is 2.89. The number of likely N-dealkylation sites (N-methyl/N-ethyl adjacent to an activating group) is 1. The number of nitrogens with zero attached hydrogens (tertiary/aromatic N) is 1. The largest absolute Gasteiger partial charge is 0.480 e. The van der Waals surface area contributed by atoms with E-state index in [1.54, 1.807) is 12.3 Å². The van der Waals surface area contributed by atoms with Crippen molar-refractivity contribution in [1.29, 1.82) is 0 Å². The maximum atomic E-state index is 12.1. The number of nitrogens with one attached hydrogen (secondary N) is 2. The third kappa shape index (κ3) is 4.70. The normalized spacial score (nSPS) is 19.2. The average Bonchev–Trinajstić information content (AvgIpc) is 2.88. The summed E-state index contributed by atoms with van der Waals surface area (Å²) in [5, 5.41) is 16.7. The van der Waals surface area contributed by atoms with Gasteiger partial charge in [-0.15, -0.1) is 11.3 Å². The number of methoxy groups -OCH3 is 1. The Morgan fingerprint density at radius 1 is 1.40 bits per heavy atom. The van der Waals surface area contributed by atoms with Gasteiger partial charge in [-0.1, -0.05) is 6.92 Å². The minimum absolute atomic E-state index is 0.00418. The molecule has 1 aromatic heterocycles. The van der Waals surface area contributed by atoms with Crippen LogP contribution in [0.4, 0.5) is 9.80 Å². The summed E-state index contributed by atoms with van der Waals surface area (Å²) in [6.45, 7) is 4.37. The molecule has 0 aliphatic heterocycles. The second kappa shape index (κ2) is 8.30. The Hall–Kier alpha value is -2.13. The minimum atomic E-state index is -0.848. The molecule has 8 nitrogen and oxygen atoms in total. The van der Waals surface area contributed by atoms with E-state index in [0.717, 1.165) is 5.56 Å². The Bertz CT molecular complexity index is 654. The highest BCUT2D eigenvalue weighted by Gasteiger charge is 2.34. The fourth-order valence-corrected chi connectivity index (χ4v) is 3.82. The second-order valence-electron chi connectivity index (χ2n) is 5.99. The molecule has 0 bridgehead atoms. The average molecular weight is 369 g/mol. The van der Waals surface area contributed by atoms with Crippen molar-refractivity contribution in [3.05, 3.63) is 16.5 Å².